The molecule has 0 aromatic heterocycles. The second kappa shape index (κ2) is 5.85. The Balaban J connectivity index is 2.37. The maximum absolute atomic E-state index is 12.1. The van der Waals surface area contributed by atoms with E-state index in [-0.39, 0.29) is 11.3 Å². The second-order valence-electron chi connectivity index (χ2n) is 6.81. The fraction of sp³-hybridized carbons (Fsp3) is 0.929. The predicted octanol–water partition coefficient (Wildman–Crippen LogP) is 2.40. The molecule has 17 heavy (non-hydrogen) atoms. The molecule has 0 saturated heterocycles. The summed E-state index contributed by atoms with van der Waals surface area (Å²) in [6, 6.07) is 0.314. The molecule has 0 heterocycles. The van der Waals surface area contributed by atoms with E-state index in [2.05, 4.69) is 20.8 Å². The molecule has 1 aliphatic carbocycles. The van der Waals surface area contributed by atoms with Gasteiger partial charge in [0.1, 0.15) is 0 Å². The van der Waals surface area contributed by atoms with Crippen molar-refractivity contribution in [1.82, 2.24) is 4.90 Å². The summed E-state index contributed by atoms with van der Waals surface area (Å²) in [5, 5.41) is 0. The first-order chi connectivity index (χ1) is 7.78. The lowest BCUT2D eigenvalue weighted by molar-refractivity contribution is -0.132. The fourth-order valence-corrected chi connectivity index (χ4v) is 2.72. The molecule has 0 aliphatic heterocycles. The normalized spacial score (nSPS) is 25.7. The van der Waals surface area contributed by atoms with Crippen LogP contribution in [0.15, 0.2) is 0 Å². The minimum absolute atomic E-state index is 0.174. The molecule has 3 nitrogen and oxygen atoms in total. The van der Waals surface area contributed by atoms with Crippen LogP contribution in [0.4, 0.5) is 0 Å². The molecule has 2 atom stereocenters. The summed E-state index contributed by atoms with van der Waals surface area (Å²) >= 11 is 0. The number of nitrogens with zero attached hydrogens (tertiary/aromatic N) is 1. The largest absolute Gasteiger partial charge is 0.345 e. The lowest BCUT2D eigenvalue weighted by Crippen LogP contribution is -2.37. The zero-order chi connectivity index (χ0) is 13.1. The van der Waals surface area contributed by atoms with Gasteiger partial charge in [-0.1, -0.05) is 27.2 Å². The van der Waals surface area contributed by atoms with Crippen LogP contribution < -0.4 is 5.73 Å². The average molecular weight is 240 g/mol. The SMILES string of the molecule is CN(CC(C)(C)C)C(=O)CC1CCCC(N)C1. The Hall–Kier alpha value is -0.570. The van der Waals surface area contributed by atoms with E-state index in [9.17, 15) is 4.79 Å². The maximum Gasteiger partial charge on any atom is 0.222 e. The van der Waals surface area contributed by atoms with Crippen molar-refractivity contribution in [3.05, 3.63) is 0 Å². The Morgan fingerprint density at radius 2 is 2.00 bits per heavy atom. The van der Waals surface area contributed by atoms with Crippen LogP contribution in [0.1, 0.15) is 52.9 Å². The second-order valence-corrected chi connectivity index (χ2v) is 6.81. The van der Waals surface area contributed by atoms with Gasteiger partial charge in [-0.15, -0.1) is 0 Å². The summed E-state index contributed by atoms with van der Waals surface area (Å²) in [7, 11) is 1.91. The molecule has 1 saturated carbocycles. The number of hydrogen-bond acceptors (Lipinski definition) is 2. The van der Waals surface area contributed by atoms with Gasteiger partial charge >= 0.3 is 0 Å². The fourth-order valence-electron chi connectivity index (χ4n) is 2.72. The van der Waals surface area contributed by atoms with Gasteiger partial charge in [-0.3, -0.25) is 4.79 Å². The first-order valence-electron chi connectivity index (χ1n) is 6.77. The Morgan fingerprint density at radius 1 is 1.35 bits per heavy atom. The molecule has 1 aliphatic rings. The van der Waals surface area contributed by atoms with Crippen molar-refractivity contribution in [2.45, 2.75) is 58.9 Å². The summed E-state index contributed by atoms with van der Waals surface area (Å²) in [6.45, 7) is 7.30. The molecule has 1 amide bonds. The Morgan fingerprint density at radius 3 is 2.53 bits per heavy atom. The van der Waals surface area contributed by atoms with Crippen molar-refractivity contribution in [3.8, 4) is 0 Å². The van der Waals surface area contributed by atoms with Gasteiger partial charge in [-0.25, -0.2) is 0 Å². The Labute approximate surface area is 106 Å². The molecule has 100 valence electrons. The van der Waals surface area contributed by atoms with Crippen LogP contribution in [-0.4, -0.2) is 30.4 Å². The number of carbonyl (C=O) groups is 1. The van der Waals surface area contributed by atoms with Gasteiger partial charge in [0.25, 0.3) is 0 Å². The highest BCUT2D eigenvalue weighted by molar-refractivity contribution is 5.76. The van der Waals surface area contributed by atoms with Crippen LogP contribution in [0.2, 0.25) is 0 Å². The highest BCUT2D eigenvalue weighted by atomic mass is 16.2. The monoisotopic (exact) mass is 240 g/mol. The number of rotatable bonds is 3. The van der Waals surface area contributed by atoms with Gasteiger partial charge in [0.2, 0.25) is 5.91 Å². The third kappa shape index (κ3) is 5.53. The predicted molar refractivity (Wildman–Crippen MR) is 71.6 cm³/mol. The number of amides is 1. The standard InChI is InChI=1S/C14H28N2O/c1-14(2,3)10-16(4)13(17)9-11-6-5-7-12(15)8-11/h11-12H,5-10,15H2,1-4H3. The van der Waals surface area contributed by atoms with Gasteiger partial charge in [0.05, 0.1) is 0 Å². The topological polar surface area (TPSA) is 46.3 Å². The smallest absolute Gasteiger partial charge is 0.222 e. The van der Waals surface area contributed by atoms with Crippen molar-refractivity contribution in [1.29, 1.82) is 0 Å². The van der Waals surface area contributed by atoms with Crippen LogP contribution >= 0.6 is 0 Å². The van der Waals surface area contributed by atoms with Crippen molar-refractivity contribution in [2.75, 3.05) is 13.6 Å². The highest BCUT2D eigenvalue weighted by Crippen LogP contribution is 2.26. The van der Waals surface area contributed by atoms with Gasteiger partial charge in [0, 0.05) is 26.1 Å². The molecule has 0 bridgehead atoms. The average Bonchev–Trinajstić information content (AvgIpc) is 2.14. The van der Waals surface area contributed by atoms with Crippen LogP contribution in [0.5, 0.6) is 0 Å². The van der Waals surface area contributed by atoms with Crippen molar-refractivity contribution >= 4 is 5.91 Å². The Kier molecular flexibility index (Phi) is 4.99. The van der Waals surface area contributed by atoms with E-state index in [1.807, 2.05) is 11.9 Å². The van der Waals surface area contributed by atoms with E-state index in [1.165, 1.54) is 12.8 Å². The first-order valence-corrected chi connectivity index (χ1v) is 6.77. The van der Waals surface area contributed by atoms with Crippen LogP contribution in [0, 0.1) is 11.3 Å². The molecule has 0 radical (unpaired) electrons. The quantitative estimate of drug-likeness (QED) is 0.823. The van der Waals surface area contributed by atoms with E-state index in [1.54, 1.807) is 0 Å². The van der Waals surface area contributed by atoms with Crippen LogP contribution in [0.3, 0.4) is 0 Å². The van der Waals surface area contributed by atoms with E-state index in [4.69, 9.17) is 5.73 Å². The van der Waals surface area contributed by atoms with E-state index in [0.29, 0.717) is 18.4 Å². The summed E-state index contributed by atoms with van der Waals surface area (Å²) in [4.78, 5) is 14.0. The number of carbonyl (C=O) groups excluding carboxylic acids is 1. The molecule has 2 N–H and O–H groups in total. The first kappa shape index (κ1) is 14.5. The lowest BCUT2D eigenvalue weighted by Gasteiger charge is -2.30. The summed E-state index contributed by atoms with van der Waals surface area (Å²) in [6.07, 6.45) is 5.18. The summed E-state index contributed by atoms with van der Waals surface area (Å²) in [5.74, 6) is 0.785. The summed E-state index contributed by atoms with van der Waals surface area (Å²) < 4.78 is 0. The minimum Gasteiger partial charge on any atom is -0.345 e. The third-order valence-electron chi connectivity index (χ3n) is 3.42. The van der Waals surface area contributed by atoms with Gasteiger partial charge in [-0.05, 0) is 30.6 Å². The van der Waals surface area contributed by atoms with Gasteiger partial charge in [-0.2, -0.15) is 0 Å². The lowest BCUT2D eigenvalue weighted by atomic mass is 9.84. The van der Waals surface area contributed by atoms with Gasteiger partial charge in [0.15, 0.2) is 0 Å². The van der Waals surface area contributed by atoms with E-state index in [0.717, 1.165) is 19.4 Å². The molecule has 1 rings (SSSR count). The zero-order valence-corrected chi connectivity index (χ0v) is 11.8. The molecule has 0 aromatic rings. The number of nitrogens with two attached hydrogens (primary N) is 1. The highest BCUT2D eigenvalue weighted by Gasteiger charge is 2.24. The maximum atomic E-state index is 12.1. The van der Waals surface area contributed by atoms with Crippen molar-refractivity contribution in [3.63, 3.8) is 0 Å². The van der Waals surface area contributed by atoms with Crippen molar-refractivity contribution < 1.29 is 4.79 Å². The molecule has 2 unspecified atom stereocenters. The molecule has 0 aromatic carbocycles. The van der Waals surface area contributed by atoms with Gasteiger partial charge < -0.3 is 10.6 Å². The zero-order valence-electron chi connectivity index (χ0n) is 11.8. The molecule has 0 spiro atoms. The van der Waals surface area contributed by atoms with Crippen molar-refractivity contribution in [2.24, 2.45) is 17.1 Å². The number of hydrogen-bond donors (Lipinski definition) is 1. The Bertz CT molecular complexity index is 257. The summed E-state index contributed by atoms with van der Waals surface area (Å²) in [5.41, 5.74) is 6.13. The van der Waals surface area contributed by atoms with E-state index >= 15 is 0 Å². The van der Waals surface area contributed by atoms with E-state index < -0.39 is 0 Å². The molecular formula is C14H28N2O. The van der Waals surface area contributed by atoms with Crippen LogP contribution in [-0.2, 0) is 4.79 Å². The minimum atomic E-state index is 0.174. The molecule has 3 heteroatoms. The molecule has 1 fully saturated rings. The van der Waals surface area contributed by atoms with Crippen LogP contribution in [0.25, 0.3) is 0 Å². The third-order valence-corrected chi connectivity index (χ3v) is 3.42. The molecular weight excluding hydrogens is 212 g/mol.